The molecular formula is C32H34N3NaO6S2. The molecule has 0 aromatic heterocycles. The molecule has 3 aromatic carbocycles. The molecule has 44 heavy (non-hydrogen) atoms. The van der Waals surface area contributed by atoms with E-state index < -0.39 is 20.2 Å². The van der Waals surface area contributed by atoms with Crippen molar-refractivity contribution in [1.29, 1.82) is 0 Å². The fraction of sp³-hybridized carbons (Fsp3) is 0.219. The van der Waals surface area contributed by atoms with Crippen LogP contribution in [0.25, 0.3) is 5.57 Å². The van der Waals surface area contributed by atoms with Crippen molar-refractivity contribution in [3.63, 3.8) is 0 Å². The Hall–Kier alpha value is -3.03. The van der Waals surface area contributed by atoms with E-state index >= 15 is 0 Å². The molecular weight excluding hydrogens is 609 g/mol. The van der Waals surface area contributed by atoms with Crippen LogP contribution in [0.15, 0.2) is 106 Å². The number of hydrogen-bond acceptors (Lipinski definition) is 8. The summed E-state index contributed by atoms with van der Waals surface area (Å²) in [4.78, 5) is 3.03. The predicted octanol–water partition coefficient (Wildman–Crippen LogP) is 1.23. The Labute approximate surface area is 282 Å². The van der Waals surface area contributed by atoms with Crippen molar-refractivity contribution >= 4 is 42.9 Å². The van der Waals surface area contributed by atoms with Crippen LogP contribution in [-0.2, 0) is 26.8 Å². The third-order valence-electron chi connectivity index (χ3n) is 7.16. The first kappa shape index (κ1) is 35.4. The quantitative estimate of drug-likeness (QED) is 0.194. The van der Waals surface area contributed by atoms with Crippen LogP contribution in [0.2, 0.25) is 0 Å². The van der Waals surface area contributed by atoms with Crippen LogP contribution < -0.4 is 39.4 Å². The summed E-state index contributed by atoms with van der Waals surface area (Å²) in [5, 5.41) is 0. The zero-order chi connectivity index (χ0) is 31.5. The van der Waals surface area contributed by atoms with E-state index in [2.05, 4.69) is 0 Å². The second-order valence-electron chi connectivity index (χ2n) is 10.5. The summed E-state index contributed by atoms with van der Waals surface area (Å²) in [7, 11) is -1.87. The Balaban J connectivity index is 0.00000529. The van der Waals surface area contributed by atoms with Gasteiger partial charge in [-0.1, -0.05) is 30.3 Å². The molecule has 9 nitrogen and oxygen atoms in total. The van der Waals surface area contributed by atoms with Gasteiger partial charge in [0.15, 0.2) is 5.71 Å². The van der Waals surface area contributed by atoms with Gasteiger partial charge in [0.2, 0.25) is 0 Å². The van der Waals surface area contributed by atoms with E-state index in [0.717, 1.165) is 22.5 Å². The fourth-order valence-electron chi connectivity index (χ4n) is 4.86. The minimum Gasteiger partial charge on any atom is -0.744 e. The van der Waals surface area contributed by atoms with Gasteiger partial charge in [-0.3, -0.25) is 0 Å². The van der Waals surface area contributed by atoms with Crippen molar-refractivity contribution in [3.8, 4) is 0 Å². The number of nitrogens with zero attached hydrogens (tertiary/aromatic N) is 3. The van der Waals surface area contributed by atoms with Gasteiger partial charge >= 0.3 is 29.6 Å². The molecule has 1 aliphatic carbocycles. The third-order valence-corrected chi connectivity index (χ3v) is 8.86. The SMILES string of the molecule is CCN(Cc1cccc(S(=O)(=O)[O-])c1)c1ccc(C(=C2C=CC(=[N+](C)C)C=C2)c2ccc(N(C)C)cc2)c(S(=O)(=O)[O-])c1.[Na+]. The number of allylic oxidation sites excluding steroid dienone is 5. The number of benzene rings is 3. The van der Waals surface area contributed by atoms with E-state index in [9.17, 15) is 25.9 Å². The molecule has 0 bridgehead atoms. The largest absolute Gasteiger partial charge is 1.00 e. The van der Waals surface area contributed by atoms with Crippen LogP contribution in [-0.4, -0.2) is 71.0 Å². The van der Waals surface area contributed by atoms with E-state index in [4.69, 9.17) is 0 Å². The van der Waals surface area contributed by atoms with Gasteiger partial charge in [-0.25, -0.2) is 21.4 Å². The standard InChI is InChI=1S/C32H35N3O6S2.Na/c1-6-35(22-23-8-7-9-29(20-23)42(36,37)38)28-18-19-30(31(21-28)43(39,40)41)32(24-10-14-26(15-11-24)33(2)3)25-12-16-27(17-13-25)34(4)5;/h7-21H,6,22H2,1-5H3,(H-,36,37,38,39,40,41);/q;+1/p-1. The molecule has 3 aromatic rings. The molecule has 0 saturated heterocycles. The van der Waals surface area contributed by atoms with Gasteiger partial charge in [-0.2, -0.15) is 0 Å². The molecule has 226 valence electrons. The molecule has 0 radical (unpaired) electrons. The van der Waals surface area contributed by atoms with Crippen LogP contribution in [0.4, 0.5) is 11.4 Å². The van der Waals surface area contributed by atoms with Crippen LogP contribution in [0, 0.1) is 0 Å². The van der Waals surface area contributed by atoms with Gasteiger partial charge < -0.3 is 18.9 Å². The fourth-order valence-corrected chi connectivity index (χ4v) is 6.10. The molecule has 0 aliphatic heterocycles. The average Bonchev–Trinajstić information content (AvgIpc) is 2.96. The monoisotopic (exact) mass is 643 g/mol. The topological polar surface area (TPSA) is 124 Å². The molecule has 0 fully saturated rings. The molecule has 12 heteroatoms. The molecule has 0 unspecified atom stereocenters. The van der Waals surface area contributed by atoms with Crippen LogP contribution in [0.5, 0.6) is 0 Å². The number of rotatable bonds is 9. The Morgan fingerprint density at radius 3 is 1.93 bits per heavy atom. The molecule has 0 amide bonds. The van der Waals surface area contributed by atoms with Gasteiger partial charge in [0.05, 0.1) is 9.79 Å². The molecule has 0 spiro atoms. The van der Waals surface area contributed by atoms with Gasteiger partial charge in [-0.15, -0.1) is 0 Å². The van der Waals surface area contributed by atoms with Crippen molar-refractivity contribution in [2.45, 2.75) is 23.3 Å². The van der Waals surface area contributed by atoms with Crippen LogP contribution >= 0.6 is 0 Å². The summed E-state index contributed by atoms with van der Waals surface area (Å²) in [5.74, 6) is 0. The summed E-state index contributed by atoms with van der Waals surface area (Å²) < 4.78 is 74.9. The molecule has 0 saturated carbocycles. The summed E-state index contributed by atoms with van der Waals surface area (Å²) in [6, 6.07) is 18.1. The number of hydrogen-bond donors (Lipinski definition) is 0. The van der Waals surface area contributed by atoms with E-state index in [1.807, 2.05) is 93.2 Å². The normalized spacial score (nSPS) is 13.0. The zero-order valence-electron chi connectivity index (χ0n) is 25.7. The third kappa shape index (κ3) is 8.36. The van der Waals surface area contributed by atoms with Gasteiger partial charge in [0, 0.05) is 56.3 Å². The Bertz CT molecular complexity index is 1860. The molecule has 4 rings (SSSR count). The summed E-state index contributed by atoms with van der Waals surface area (Å²) in [6.45, 7) is 2.45. The van der Waals surface area contributed by atoms with Crippen molar-refractivity contribution in [2.24, 2.45) is 0 Å². The van der Waals surface area contributed by atoms with E-state index in [1.54, 1.807) is 23.1 Å². The van der Waals surface area contributed by atoms with Crippen molar-refractivity contribution < 1.29 is 60.1 Å². The second-order valence-corrected chi connectivity index (χ2v) is 13.2. The van der Waals surface area contributed by atoms with Gasteiger partial charge in [0.25, 0.3) is 0 Å². The van der Waals surface area contributed by atoms with E-state index in [-0.39, 0.29) is 51.5 Å². The molecule has 0 heterocycles. The summed E-state index contributed by atoms with van der Waals surface area (Å²) in [6.07, 6.45) is 7.65. The van der Waals surface area contributed by atoms with Gasteiger partial charge in [-0.05, 0) is 77.7 Å². The Kier molecular flexibility index (Phi) is 11.6. The number of anilines is 2. The molecule has 1 aliphatic rings. The molecule has 0 N–H and O–H groups in total. The average molecular weight is 644 g/mol. The Morgan fingerprint density at radius 1 is 0.795 bits per heavy atom. The maximum absolute atomic E-state index is 12.8. The molecule has 0 atom stereocenters. The van der Waals surface area contributed by atoms with Crippen LogP contribution in [0.1, 0.15) is 23.6 Å². The van der Waals surface area contributed by atoms with Crippen molar-refractivity contribution in [2.75, 3.05) is 44.5 Å². The van der Waals surface area contributed by atoms with Gasteiger partial charge in [0.1, 0.15) is 34.3 Å². The van der Waals surface area contributed by atoms with Crippen LogP contribution in [0.3, 0.4) is 0 Å². The minimum atomic E-state index is -4.94. The van der Waals surface area contributed by atoms with E-state index in [0.29, 0.717) is 23.4 Å². The predicted molar refractivity (Wildman–Crippen MR) is 168 cm³/mol. The van der Waals surface area contributed by atoms with Crippen molar-refractivity contribution in [3.05, 3.63) is 113 Å². The maximum Gasteiger partial charge on any atom is 1.00 e. The first-order valence-electron chi connectivity index (χ1n) is 13.5. The Morgan fingerprint density at radius 2 is 1.41 bits per heavy atom. The smallest absolute Gasteiger partial charge is 0.744 e. The second kappa shape index (κ2) is 14.4. The summed E-state index contributed by atoms with van der Waals surface area (Å²) >= 11 is 0. The van der Waals surface area contributed by atoms with Crippen molar-refractivity contribution in [1.82, 2.24) is 0 Å². The maximum atomic E-state index is 12.8. The zero-order valence-corrected chi connectivity index (χ0v) is 29.3. The first-order chi connectivity index (χ1) is 20.2. The minimum absolute atomic E-state index is 0. The first-order valence-corrected chi connectivity index (χ1v) is 16.3. The van der Waals surface area contributed by atoms with E-state index in [1.165, 1.54) is 24.3 Å². The summed E-state index contributed by atoms with van der Waals surface area (Å²) in [5.41, 5.74) is 5.27.